The molecule has 1 aliphatic heterocycles. The maximum Gasteiger partial charge on any atom is 0.159 e. The summed E-state index contributed by atoms with van der Waals surface area (Å²) in [5, 5.41) is 20.8. The Morgan fingerprint density at radius 3 is 2.95 bits per heavy atom. The highest BCUT2D eigenvalue weighted by molar-refractivity contribution is 5.91. The highest BCUT2D eigenvalue weighted by atomic mass is 16.3. The van der Waals surface area contributed by atoms with E-state index in [2.05, 4.69) is 27.2 Å². The molecule has 1 N–H and O–H groups in total. The zero-order chi connectivity index (χ0) is 13.3. The lowest BCUT2D eigenvalue weighted by Gasteiger charge is -2.23. The molecule has 1 aromatic heterocycles. The molecule has 1 aromatic carbocycles. The van der Waals surface area contributed by atoms with Gasteiger partial charge in [-0.15, -0.1) is 5.10 Å². The molecule has 3 rings (SSSR count). The van der Waals surface area contributed by atoms with Crippen LogP contribution in [0.2, 0.25) is 0 Å². The van der Waals surface area contributed by atoms with Gasteiger partial charge in [-0.2, -0.15) is 5.10 Å². The lowest BCUT2D eigenvalue weighted by molar-refractivity contribution is 0.0481. The van der Waals surface area contributed by atoms with Gasteiger partial charge in [-0.1, -0.05) is 24.3 Å². The Morgan fingerprint density at radius 2 is 2.05 bits per heavy atom. The van der Waals surface area contributed by atoms with E-state index >= 15 is 0 Å². The monoisotopic (exact) mass is 257 g/mol. The van der Waals surface area contributed by atoms with Crippen molar-refractivity contribution in [3.63, 3.8) is 0 Å². The van der Waals surface area contributed by atoms with Crippen LogP contribution in [0.15, 0.2) is 30.5 Å². The SMILES string of the molecule is CC1(O)CCCN(c2nncc3ccccc23)CC1. The number of aromatic nitrogens is 2. The highest BCUT2D eigenvalue weighted by Gasteiger charge is 2.26. The van der Waals surface area contributed by atoms with Crippen molar-refractivity contribution in [1.82, 2.24) is 10.2 Å². The van der Waals surface area contributed by atoms with Crippen molar-refractivity contribution in [3.05, 3.63) is 30.5 Å². The van der Waals surface area contributed by atoms with E-state index in [4.69, 9.17) is 0 Å². The predicted octanol–water partition coefficient (Wildman–Crippen LogP) is 2.37. The standard InChI is InChI=1S/C15H19N3O/c1-15(19)7-4-9-18(10-8-15)14-13-6-3-2-5-12(13)11-16-17-14/h2-3,5-6,11,19H,4,7-10H2,1H3. The Morgan fingerprint density at radius 1 is 1.21 bits per heavy atom. The van der Waals surface area contributed by atoms with E-state index in [9.17, 15) is 5.11 Å². The van der Waals surface area contributed by atoms with Gasteiger partial charge in [0, 0.05) is 23.9 Å². The summed E-state index contributed by atoms with van der Waals surface area (Å²) in [4.78, 5) is 2.25. The predicted molar refractivity (Wildman–Crippen MR) is 76.2 cm³/mol. The van der Waals surface area contributed by atoms with Crippen LogP contribution in [0.5, 0.6) is 0 Å². The molecule has 19 heavy (non-hydrogen) atoms. The lowest BCUT2D eigenvalue weighted by atomic mass is 9.98. The third-order valence-corrected chi connectivity index (χ3v) is 3.91. The molecular weight excluding hydrogens is 238 g/mol. The first-order chi connectivity index (χ1) is 9.16. The van der Waals surface area contributed by atoms with Gasteiger partial charge in [0.2, 0.25) is 0 Å². The van der Waals surface area contributed by atoms with E-state index in [1.165, 1.54) is 0 Å². The summed E-state index contributed by atoms with van der Waals surface area (Å²) in [5.41, 5.74) is -0.549. The molecule has 2 aromatic rings. The van der Waals surface area contributed by atoms with Crippen LogP contribution < -0.4 is 4.90 Å². The third kappa shape index (κ3) is 2.54. The molecule has 0 spiro atoms. The Balaban J connectivity index is 1.96. The van der Waals surface area contributed by atoms with Crippen LogP contribution in [-0.2, 0) is 0 Å². The minimum Gasteiger partial charge on any atom is -0.390 e. The van der Waals surface area contributed by atoms with Crippen molar-refractivity contribution in [3.8, 4) is 0 Å². The molecular formula is C15H19N3O. The minimum absolute atomic E-state index is 0.549. The molecule has 0 saturated carbocycles. The summed E-state index contributed by atoms with van der Waals surface area (Å²) < 4.78 is 0. The van der Waals surface area contributed by atoms with Gasteiger partial charge in [0.05, 0.1) is 11.8 Å². The molecule has 0 radical (unpaired) electrons. The van der Waals surface area contributed by atoms with Crippen LogP contribution in [0.4, 0.5) is 5.82 Å². The molecule has 0 aliphatic carbocycles. The van der Waals surface area contributed by atoms with Crippen molar-refractivity contribution >= 4 is 16.6 Å². The topological polar surface area (TPSA) is 49.2 Å². The first-order valence-electron chi connectivity index (χ1n) is 6.83. The lowest BCUT2D eigenvalue weighted by Crippen LogP contribution is -2.29. The summed E-state index contributed by atoms with van der Waals surface area (Å²) in [5.74, 6) is 0.941. The molecule has 1 fully saturated rings. The third-order valence-electron chi connectivity index (χ3n) is 3.91. The Kier molecular flexibility index (Phi) is 3.11. The van der Waals surface area contributed by atoms with E-state index in [0.717, 1.165) is 48.9 Å². The molecule has 2 heterocycles. The zero-order valence-corrected chi connectivity index (χ0v) is 11.2. The van der Waals surface area contributed by atoms with Crippen LogP contribution in [0, 0.1) is 0 Å². The van der Waals surface area contributed by atoms with Crippen LogP contribution in [0.3, 0.4) is 0 Å². The van der Waals surface area contributed by atoms with Gasteiger partial charge >= 0.3 is 0 Å². The Labute approximate surface area is 113 Å². The van der Waals surface area contributed by atoms with Gasteiger partial charge in [0.1, 0.15) is 0 Å². The van der Waals surface area contributed by atoms with Crippen molar-refractivity contribution < 1.29 is 5.11 Å². The van der Waals surface area contributed by atoms with E-state index in [-0.39, 0.29) is 0 Å². The fraction of sp³-hybridized carbons (Fsp3) is 0.467. The second-order valence-corrected chi connectivity index (χ2v) is 5.59. The summed E-state index contributed by atoms with van der Waals surface area (Å²) in [7, 11) is 0. The number of benzene rings is 1. The fourth-order valence-corrected chi connectivity index (χ4v) is 2.72. The van der Waals surface area contributed by atoms with Crippen LogP contribution in [0.1, 0.15) is 26.2 Å². The number of rotatable bonds is 1. The zero-order valence-electron chi connectivity index (χ0n) is 11.2. The molecule has 4 nitrogen and oxygen atoms in total. The molecule has 1 unspecified atom stereocenters. The molecule has 100 valence electrons. The molecule has 1 atom stereocenters. The average molecular weight is 257 g/mol. The van der Waals surface area contributed by atoms with Gasteiger partial charge in [-0.25, -0.2) is 0 Å². The van der Waals surface area contributed by atoms with Crippen molar-refractivity contribution in [2.75, 3.05) is 18.0 Å². The second kappa shape index (κ2) is 4.78. The molecule has 1 aliphatic rings. The van der Waals surface area contributed by atoms with E-state index in [0.29, 0.717) is 0 Å². The summed E-state index contributed by atoms with van der Waals surface area (Å²) >= 11 is 0. The summed E-state index contributed by atoms with van der Waals surface area (Å²) in [6.45, 7) is 3.68. The quantitative estimate of drug-likeness (QED) is 0.852. The van der Waals surface area contributed by atoms with Gasteiger partial charge in [-0.3, -0.25) is 0 Å². The first-order valence-corrected chi connectivity index (χ1v) is 6.83. The Bertz CT molecular complexity index is 577. The van der Waals surface area contributed by atoms with E-state index < -0.39 is 5.60 Å². The van der Waals surface area contributed by atoms with Crippen molar-refractivity contribution in [2.45, 2.75) is 31.8 Å². The molecule has 0 bridgehead atoms. The minimum atomic E-state index is -0.549. The number of fused-ring (bicyclic) bond motifs is 1. The highest BCUT2D eigenvalue weighted by Crippen LogP contribution is 2.28. The average Bonchev–Trinajstić information content (AvgIpc) is 2.59. The summed E-state index contributed by atoms with van der Waals surface area (Å²) in [6.07, 6.45) is 4.41. The molecule has 1 saturated heterocycles. The largest absolute Gasteiger partial charge is 0.390 e. The molecule has 4 heteroatoms. The van der Waals surface area contributed by atoms with Gasteiger partial charge in [-0.05, 0) is 26.2 Å². The number of hydrogen-bond acceptors (Lipinski definition) is 4. The van der Waals surface area contributed by atoms with Gasteiger partial charge < -0.3 is 10.0 Å². The number of nitrogens with zero attached hydrogens (tertiary/aromatic N) is 3. The maximum atomic E-state index is 10.2. The van der Waals surface area contributed by atoms with E-state index in [1.807, 2.05) is 19.1 Å². The van der Waals surface area contributed by atoms with Gasteiger partial charge in [0.15, 0.2) is 5.82 Å². The van der Waals surface area contributed by atoms with Crippen molar-refractivity contribution in [1.29, 1.82) is 0 Å². The fourth-order valence-electron chi connectivity index (χ4n) is 2.72. The maximum absolute atomic E-state index is 10.2. The van der Waals surface area contributed by atoms with Gasteiger partial charge in [0.25, 0.3) is 0 Å². The van der Waals surface area contributed by atoms with Crippen LogP contribution in [-0.4, -0.2) is 34.0 Å². The molecule has 0 amide bonds. The number of hydrogen-bond donors (Lipinski definition) is 1. The first kappa shape index (κ1) is 12.4. The second-order valence-electron chi connectivity index (χ2n) is 5.59. The number of aliphatic hydroxyl groups is 1. The summed E-state index contributed by atoms with van der Waals surface area (Å²) in [6, 6.07) is 8.19. The smallest absolute Gasteiger partial charge is 0.159 e. The van der Waals surface area contributed by atoms with E-state index in [1.54, 1.807) is 6.20 Å². The van der Waals surface area contributed by atoms with Crippen LogP contribution in [0.25, 0.3) is 10.8 Å². The Hall–Kier alpha value is -1.68. The normalized spacial score (nSPS) is 24.4. The van der Waals surface area contributed by atoms with Crippen LogP contribution >= 0.6 is 0 Å². The van der Waals surface area contributed by atoms with Crippen molar-refractivity contribution in [2.24, 2.45) is 0 Å². The number of anilines is 1.